The van der Waals surface area contributed by atoms with Gasteiger partial charge in [0.2, 0.25) is 0 Å². The molecule has 0 N–H and O–H groups in total. The lowest BCUT2D eigenvalue weighted by Gasteiger charge is -2.30. The van der Waals surface area contributed by atoms with Crippen LogP contribution in [-0.2, 0) is 4.74 Å². The van der Waals surface area contributed by atoms with E-state index in [4.69, 9.17) is 4.74 Å². The van der Waals surface area contributed by atoms with E-state index in [0.717, 1.165) is 26.3 Å². The minimum atomic E-state index is 0.890. The summed E-state index contributed by atoms with van der Waals surface area (Å²) >= 11 is 0. The molecular formula is C16H27NO. The van der Waals surface area contributed by atoms with Crippen molar-refractivity contribution in [2.45, 2.75) is 51.9 Å². The summed E-state index contributed by atoms with van der Waals surface area (Å²) in [4.78, 5) is 2.51. The second-order valence-corrected chi connectivity index (χ2v) is 5.31. The maximum Gasteiger partial charge on any atom is 0.0642 e. The first-order valence-corrected chi connectivity index (χ1v) is 7.64. The minimum absolute atomic E-state index is 0.890. The fraction of sp³-hybridized carbons (Fsp3) is 0.750. The maximum atomic E-state index is 5.43. The van der Waals surface area contributed by atoms with Crippen LogP contribution in [0.1, 0.15) is 51.9 Å². The standard InChI is InChI=1S/C16H27NO/c1-2-3-4-5-6-8-15-9-7-10-16(15)17-11-13-18-14-12-17/h8,10H,2-7,9,11-14H2,1H3/b15-8-. The molecular weight excluding hydrogens is 222 g/mol. The summed E-state index contributed by atoms with van der Waals surface area (Å²) in [7, 11) is 0. The molecule has 2 aliphatic rings. The van der Waals surface area contributed by atoms with Gasteiger partial charge in [-0.1, -0.05) is 38.3 Å². The molecule has 0 spiro atoms. The second-order valence-electron chi connectivity index (χ2n) is 5.31. The van der Waals surface area contributed by atoms with E-state index in [0.29, 0.717) is 0 Å². The normalized spacial score (nSPS) is 22.6. The second kappa shape index (κ2) is 7.63. The topological polar surface area (TPSA) is 12.5 Å². The van der Waals surface area contributed by atoms with E-state index in [1.165, 1.54) is 50.6 Å². The maximum absolute atomic E-state index is 5.43. The number of ether oxygens (including phenoxy) is 1. The summed E-state index contributed by atoms with van der Waals surface area (Å²) in [5, 5.41) is 0. The molecule has 1 aliphatic heterocycles. The highest BCUT2D eigenvalue weighted by atomic mass is 16.5. The van der Waals surface area contributed by atoms with Crippen LogP contribution in [0.25, 0.3) is 0 Å². The van der Waals surface area contributed by atoms with Crippen LogP contribution in [0.3, 0.4) is 0 Å². The first-order valence-electron chi connectivity index (χ1n) is 7.64. The summed E-state index contributed by atoms with van der Waals surface area (Å²) in [6, 6.07) is 0. The quantitative estimate of drug-likeness (QED) is 0.662. The van der Waals surface area contributed by atoms with Gasteiger partial charge in [-0.2, -0.15) is 0 Å². The van der Waals surface area contributed by atoms with Crippen molar-refractivity contribution >= 4 is 0 Å². The van der Waals surface area contributed by atoms with Crippen molar-refractivity contribution in [3.63, 3.8) is 0 Å². The zero-order chi connectivity index (χ0) is 12.6. The summed E-state index contributed by atoms with van der Waals surface area (Å²) in [6.07, 6.45) is 14.1. The van der Waals surface area contributed by atoms with E-state index in [1.54, 1.807) is 5.57 Å². The van der Waals surface area contributed by atoms with Gasteiger partial charge in [-0.25, -0.2) is 0 Å². The number of hydrogen-bond acceptors (Lipinski definition) is 2. The van der Waals surface area contributed by atoms with Crippen LogP contribution >= 0.6 is 0 Å². The Hall–Kier alpha value is -0.760. The highest BCUT2D eigenvalue weighted by molar-refractivity contribution is 5.35. The molecule has 1 heterocycles. The van der Waals surface area contributed by atoms with Gasteiger partial charge in [-0.15, -0.1) is 0 Å². The van der Waals surface area contributed by atoms with Crippen molar-refractivity contribution in [2.24, 2.45) is 0 Å². The Morgan fingerprint density at radius 1 is 1.22 bits per heavy atom. The van der Waals surface area contributed by atoms with Gasteiger partial charge < -0.3 is 9.64 Å². The van der Waals surface area contributed by atoms with Crippen LogP contribution in [-0.4, -0.2) is 31.2 Å². The Labute approximate surface area is 112 Å². The Morgan fingerprint density at radius 2 is 2.06 bits per heavy atom. The van der Waals surface area contributed by atoms with Crippen LogP contribution in [0.4, 0.5) is 0 Å². The molecule has 0 amide bonds. The summed E-state index contributed by atoms with van der Waals surface area (Å²) < 4.78 is 5.43. The SMILES string of the molecule is CCCCCC/C=C1/CCC=C1N1CCOCC1. The molecule has 1 saturated heterocycles. The van der Waals surface area contributed by atoms with Crippen molar-refractivity contribution in [1.29, 1.82) is 0 Å². The van der Waals surface area contributed by atoms with Crippen molar-refractivity contribution in [1.82, 2.24) is 4.90 Å². The molecule has 0 aromatic heterocycles. The van der Waals surface area contributed by atoms with Gasteiger partial charge in [0.25, 0.3) is 0 Å². The smallest absolute Gasteiger partial charge is 0.0642 e. The van der Waals surface area contributed by atoms with Gasteiger partial charge in [0.15, 0.2) is 0 Å². The number of morpholine rings is 1. The van der Waals surface area contributed by atoms with Gasteiger partial charge in [0, 0.05) is 18.8 Å². The molecule has 0 saturated carbocycles. The molecule has 0 aromatic rings. The Bertz CT molecular complexity index is 300. The van der Waals surface area contributed by atoms with Crippen LogP contribution in [0.15, 0.2) is 23.4 Å². The minimum Gasteiger partial charge on any atom is -0.378 e. The third-order valence-electron chi connectivity index (χ3n) is 3.88. The Kier molecular flexibility index (Phi) is 5.79. The van der Waals surface area contributed by atoms with Crippen molar-refractivity contribution in [3.05, 3.63) is 23.4 Å². The highest BCUT2D eigenvalue weighted by Gasteiger charge is 2.19. The molecule has 0 radical (unpaired) electrons. The monoisotopic (exact) mass is 249 g/mol. The molecule has 1 aliphatic carbocycles. The first kappa shape index (κ1) is 13.7. The number of unbranched alkanes of at least 4 members (excludes halogenated alkanes) is 4. The lowest BCUT2D eigenvalue weighted by Crippen LogP contribution is -2.35. The first-order chi connectivity index (χ1) is 8.92. The Balaban J connectivity index is 1.80. The largest absolute Gasteiger partial charge is 0.378 e. The van der Waals surface area contributed by atoms with Gasteiger partial charge in [0.05, 0.1) is 13.2 Å². The molecule has 102 valence electrons. The predicted octanol–water partition coefficient (Wildman–Crippen LogP) is 3.89. The highest BCUT2D eigenvalue weighted by Crippen LogP contribution is 2.29. The molecule has 0 bridgehead atoms. The molecule has 1 fully saturated rings. The van der Waals surface area contributed by atoms with Crippen LogP contribution in [0.5, 0.6) is 0 Å². The average Bonchev–Trinajstić information content (AvgIpc) is 2.88. The molecule has 0 unspecified atom stereocenters. The van der Waals surface area contributed by atoms with Gasteiger partial charge >= 0.3 is 0 Å². The third kappa shape index (κ3) is 3.88. The average molecular weight is 249 g/mol. The zero-order valence-corrected chi connectivity index (χ0v) is 11.8. The molecule has 18 heavy (non-hydrogen) atoms. The summed E-state index contributed by atoms with van der Waals surface area (Å²) in [5.74, 6) is 0. The van der Waals surface area contributed by atoms with Gasteiger partial charge in [0.1, 0.15) is 0 Å². The van der Waals surface area contributed by atoms with E-state index >= 15 is 0 Å². The summed E-state index contributed by atoms with van der Waals surface area (Å²) in [6.45, 7) is 6.19. The number of nitrogens with zero attached hydrogens (tertiary/aromatic N) is 1. The molecule has 0 aromatic carbocycles. The molecule has 0 atom stereocenters. The third-order valence-corrected chi connectivity index (χ3v) is 3.88. The van der Waals surface area contributed by atoms with Gasteiger partial charge in [-0.3, -0.25) is 0 Å². The van der Waals surface area contributed by atoms with E-state index < -0.39 is 0 Å². The predicted molar refractivity (Wildman–Crippen MR) is 76.6 cm³/mol. The van der Waals surface area contributed by atoms with E-state index in [9.17, 15) is 0 Å². The van der Waals surface area contributed by atoms with E-state index in [1.807, 2.05) is 0 Å². The van der Waals surface area contributed by atoms with Crippen molar-refractivity contribution < 1.29 is 4.74 Å². The molecule has 2 nitrogen and oxygen atoms in total. The fourth-order valence-electron chi connectivity index (χ4n) is 2.81. The van der Waals surface area contributed by atoms with Crippen molar-refractivity contribution in [3.8, 4) is 0 Å². The molecule has 2 heteroatoms. The van der Waals surface area contributed by atoms with Crippen molar-refractivity contribution in [2.75, 3.05) is 26.3 Å². The number of hydrogen-bond donors (Lipinski definition) is 0. The van der Waals surface area contributed by atoms with Crippen LogP contribution in [0, 0.1) is 0 Å². The number of rotatable bonds is 6. The van der Waals surface area contributed by atoms with E-state index in [2.05, 4.69) is 24.0 Å². The lowest BCUT2D eigenvalue weighted by molar-refractivity contribution is 0.0549. The summed E-state index contributed by atoms with van der Waals surface area (Å²) in [5.41, 5.74) is 3.10. The van der Waals surface area contributed by atoms with Gasteiger partial charge in [-0.05, 0) is 31.3 Å². The fourth-order valence-corrected chi connectivity index (χ4v) is 2.81. The van der Waals surface area contributed by atoms with Crippen LogP contribution < -0.4 is 0 Å². The zero-order valence-electron chi connectivity index (χ0n) is 11.8. The lowest BCUT2D eigenvalue weighted by atomic mass is 10.1. The van der Waals surface area contributed by atoms with Crippen LogP contribution in [0.2, 0.25) is 0 Å². The Morgan fingerprint density at radius 3 is 2.83 bits per heavy atom. The number of allylic oxidation sites excluding steroid dienone is 3. The molecule has 2 rings (SSSR count). The van der Waals surface area contributed by atoms with E-state index in [-0.39, 0.29) is 0 Å².